The summed E-state index contributed by atoms with van der Waals surface area (Å²) in [7, 11) is 0. The first-order valence-corrected chi connectivity index (χ1v) is 13.0. The van der Waals surface area contributed by atoms with Crippen molar-refractivity contribution in [2.45, 2.75) is 115 Å². The molecule has 3 rings (SSSR count). The van der Waals surface area contributed by atoms with Crippen molar-refractivity contribution in [1.82, 2.24) is 0 Å². The molecule has 2 nitrogen and oxygen atoms in total. The van der Waals surface area contributed by atoms with E-state index < -0.39 is 6.43 Å². The van der Waals surface area contributed by atoms with Crippen LogP contribution in [0.25, 0.3) is 0 Å². The Morgan fingerprint density at radius 1 is 0.676 bits per heavy atom. The number of hydrogen-bond acceptors (Lipinski definition) is 2. The molecule has 0 saturated heterocycles. The van der Waals surface area contributed by atoms with E-state index in [-0.39, 0.29) is 23.5 Å². The lowest BCUT2D eigenvalue weighted by molar-refractivity contribution is 0.141. The molecule has 198 valence electrons. The normalized spacial score (nSPS) is 11.1. The van der Waals surface area contributed by atoms with Crippen molar-refractivity contribution in [3.63, 3.8) is 0 Å². The summed E-state index contributed by atoms with van der Waals surface area (Å²) in [6.45, 7) is 24.0. The summed E-state index contributed by atoms with van der Waals surface area (Å²) in [4.78, 5) is 0. The maximum absolute atomic E-state index is 12.4. The highest BCUT2D eigenvalue weighted by molar-refractivity contribution is 5.34. The molecule has 0 aliphatic heterocycles. The van der Waals surface area contributed by atoms with Crippen molar-refractivity contribution in [2.75, 3.05) is 0 Å². The van der Waals surface area contributed by atoms with Gasteiger partial charge in [0.2, 0.25) is 0 Å². The minimum Gasteiger partial charge on any atom is -0.491 e. The Labute approximate surface area is 210 Å². The largest absolute Gasteiger partial charge is 0.491 e. The van der Waals surface area contributed by atoms with Crippen LogP contribution in [0.3, 0.4) is 0 Å². The van der Waals surface area contributed by atoms with Crippen LogP contribution in [0, 0.1) is 12.8 Å². The Morgan fingerprint density at radius 3 is 1.38 bits per heavy atom. The molecule has 0 bridgehead atoms. The van der Waals surface area contributed by atoms with Crippen LogP contribution in [-0.4, -0.2) is 12.2 Å². The van der Waals surface area contributed by atoms with Crippen molar-refractivity contribution in [3.05, 3.63) is 59.7 Å². The highest BCUT2D eigenvalue weighted by Gasteiger charge is 2.13. The van der Waals surface area contributed by atoms with Gasteiger partial charge >= 0.3 is 0 Å². The summed E-state index contributed by atoms with van der Waals surface area (Å²) in [6, 6.07) is 14.3. The summed E-state index contributed by atoms with van der Waals surface area (Å²) >= 11 is 0. The molecule has 0 amide bonds. The third kappa shape index (κ3) is 20.5. The second kappa shape index (κ2) is 24.0. The minimum absolute atomic E-state index is 0.0452. The summed E-state index contributed by atoms with van der Waals surface area (Å²) in [5.74, 6) is 2.34. The number of aryl methyl sites for hydroxylation is 1. The molecule has 0 N–H and O–H groups in total. The zero-order valence-corrected chi connectivity index (χ0v) is 23.9. The summed E-state index contributed by atoms with van der Waals surface area (Å²) in [5, 5.41) is 0. The molecule has 0 radical (unpaired) electrons. The number of hydrogen-bond donors (Lipinski definition) is 0. The second-order valence-corrected chi connectivity index (χ2v) is 7.62. The molecule has 1 fully saturated rings. The third-order valence-corrected chi connectivity index (χ3v) is 3.84. The Hall–Kier alpha value is -2.10. The molecular formula is C30H52F2O2. The molecule has 0 spiro atoms. The van der Waals surface area contributed by atoms with Crippen molar-refractivity contribution >= 4 is 0 Å². The fraction of sp³-hybridized carbons (Fsp3) is 0.600. The van der Waals surface area contributed by atoms with Gasteiger partial charge in [0.1, 0.15) is 11.5 Å². The van der Waals surface area contributed by atoms with E-state index in [4.69, 9.17) is 9.47 Å². The van der Waals surface area contributed by atoms with E-state index in [1.807, 2.05) is 87.4 Å². The first kappa shape index (κ1) is 36.5. The fourth-order valence-corrected chi connectivity index (χ4v) is 2.13. The molecule has 2 aromatic carbocycles. The summed E-state index contributed by atoms with van der Waals surface area (Å²) in [5.41, 5.74) is 1.15. The van der Waals surface area contributed by atoms with Crippen LogP contribution in [0.2, 0.25) is 0 Å². The lowest BCUT2D eigenvalue weighted by Gasteiger charge is -2.13. The van der Waals surface area contributed by atoms with Crippen molar-refractivity contribution in [2.24, 2.45) is 5.92 Å². The molecular weight excluding hydrogens is 430 g/mol. The third-order valence-electron chi connectivity index (χ3n) is 3.84. The lowest BCUT2D eigenvalue weighted by atomic mass is 10.2. The van der Waals surface area contributed by atoms with Crippen LogP contribution in [0.4, 0.5) is 8.78 Å². The Kier molecular flexibility index (Phi) is 25.8. The highest BCUT2D eigenvalue weighted by atomic mass is 19.3. The fourth-order valence-electron chi connectivity index (χ4n) is 2.13. The van der Waals surface area contributed by atoms with E-state index in [2.05, 4.69) is 19.9 Å². The van der Waals surface area contributed by atoms with Gasteiger partial charge in [-0.2, -0.15) is 0 Å². The van der Waals surface area contributed by atoms with E-state index in [0.29, 0.717) is 0 Å². The van der Waals surface area contributed by atoms with E-state index in [1.165, 1.54) is 24.5 Å². The molecule has 34 heavy (non-hydrogen) atoms. The van der Waals surface area contributed by atoms with Crippen LogP contribution in [-0.2, 0) is 0 Å². The summed E-state index contributed by atoms with van der Waals surface area (Å²) in [6.07, 6.45) is 0.672. The van der Waals surface area contributed by atoms with Gasteiger partial charge in [-0.25, -0.2) is 8.78 Å². The second-order valence-electron chi connectivity index (χ2n) is 7.62. The van der Waals surface area contributed by atoms with Gasteiger partial charge < -0.3 is 9.47 Å². The molecule has 0 unspecified atom stereocenters. The van der Waals surface area contributed by atoms with E-state index in [1.54, 1.807) is 18.2 Å². The standard InChI is InChI=1S/C10H12F2O.C10H14O.C4H8.3C2H6/c1-7(2)13-9-6-4-3-5-8(9)10(11)12;1-8(2)11-10-7-5-4-6-9(10)3;1-4-2-3-4;3*1-2/h3-7,10H,1-2H3;4-8H,1-3H3;4H,2-3H2,1H3;3*1-2H3. The molecule has 0 atom stereocenters. The van der Waals surface area contributed by atoms with Crippen LogP contribution in [0.15, 0.2) is 48.5 Å². The molecule has 2 aromatic rings. The number of para-hydroxylation sites is 2. The van der Waals surface area contributed by atoms with Gasteiger partial charge in [0.05, 0.1) is 17.8 Å². The SMILES string of the molecule is CC.CC.CC.CC(C)Oc1ccccc1C(F)F.CC1CC1.Cc1ccccc1OC(C)C. The molecule has 1 aliphatic carbocycles. The topological polar surface area (TPSA) is 18.5 Å². The van der Waals surface area contributed by atoms with Crippen LogP contribution < -0.4 is 9.47 Å². The Morgan fingerprint density at radius 2 is 1.03 bits per heavy atom. The van der Waals surface area contributed by atoms with Gasteiger partial charge in [-0.15, -0.1) is 0 Å². The van der Waals surface area contributed by atoms with Crippen LogP contribution >= 0.6 is 0 Å². The van der Waals surface area contributed by atoms with Gasteiger partial charge in [0.25, 0.3) is 6.43 Å². The number of halogens is 2. The van der Waals surface area contributed by atoms with Crippen molar-refractivity contribution in [1.29, 1.82) is 0 Å². The van der Waals surface area contributed by atoms with Gasteiger partial charge in [-0.05, 0) is 64.3 Å². The minimum atomic E-state index is -2.48. The Bertz CT molecular complexity index is 681. The average molecular weight is 483 g/mol. The molecule has 0 heterocycles. The Balaban J connectivity index is -0.000000411. The zero-order valence-electron chi connectivity index (χ0n) is 23.9. The molecule has 1 aliphatic rings. The molecule has 1 saturated carbocycles. The number of rotatable bonds is 5. The maximum atomic E-state index is 12.4. The first-order chi connectivity index (χ1) is 16.2. The molecule has 0 aromatic heterocycles. The summed E-state index contributed by atoms with van der Waals surface area (Å²) < 4.78 is 35.6. The predicted octanol–water partition coefficient (Wildman–Crippen LogP) is 10.7. The van der Waals surface area contributed by atoms with Crippen molar-refractivity contribution < 1.29 is 18.3 Å². The van der Waals surface area contributed by atoms with E-state index in [9.17, 15) is 8.78 Å². The van der Waals surface area contributed by atoms with Gasteiger partial charge in [0.15, 0.2) is 0 Å². The zero-order chi connectivity index (χ0) is 27.1. The van der Waals surface area contributed by atoms with E-state index in [0.717, 1.165) is 11.7 Å². The average Bonchev–Trinajstić information content (AvgIpc) is 3.62. The number of ether oxygens (including phenoxy) is 2. The van der Waals surface area contributed by atoms with E-state index >= 15 is 0 Å². The van der Waals surface area contributed by atoms with Crippen LogP contribution in [0.5, 0.6) is 11.5 Å². The monoisotopic (exact) mass is 482 g/mol. The number of benzene rings is 2. The van der Waals surface area contributed by atoms with Gasteiger partial charge in [-0.3, -0.25) is 0 Å². The first-order valence-electron chi connectivity index (χ1n) is 13.0. The van der Waals surface area contributed by atoms with Crippen LogP contribution in [0.1, 0.15) is 107 Å². The van der Waals surface area contributed by atoms with Gasteiger partial charge in [0, 0.05) is 0 Å². The highest BCUT2D eigenvalue weighted by Crippen LogP contribution is 2.29. The predicted molar refractivity (Wildman–Crippen MR) is 147 cm³/mol. The maximum Gasteiger partial charge on any atom is 0.267 e. The smallest absolute Gasteiger partial charge is 0.267 e. The van der Waals surface area contributed by atoms with Crippen molar-refractivity contribution in [3.8, 4) is 11.5 Å². The molecule has 4 heteroatoms. The number of alkyl halides is 2. The lowest BCUT2D eigenvalue weighted by Crippen LogP contribution is -2.07. The van der Waals surface area contributed by atoms with Gasteiger partial charge in [-0.1, -0.05) is 91.6 Å². The quantitative estimate of drug-likeness (QED) is 0.422.